The Labute approximate surface area is 104 Å². The van der Waals surface area contributed by atoms with Gasteiger partial charge in [0.25, 0.3) is 0 Å². The summed E-state index contributed by atoms with van der Waals surface area (Å²) in [6.45, 7) is 2.94. The first-order valence-corrected chi connectivity index (χ1v) is 6.76. The monoisotopic (exact) mass is 253 g/mol. The standard InChI is InChI=1S/C11H15N3S2/c1-8-4-5-15-11(8)9-6-12-10(16-9)7-13-14(2)3/h4-6,13H,7H2,1-3H3. The number of hydrazine groups is 1. The number of thiazole rings is 1. The lowest BCUT2D eigenvalue weighted by Gasteiger charge is -2.09. The highest BCUT2D eigenvalue weighted by Crippen LogP contribution is 2.33. The van der Waals surface area contributed by atoms with Crippen molar-refractivity contribution in [3.05, 3.63) is 28.2 Å². The molecule has 0 amide bonds. The van der Waals surface area contributed by atoms with E-state index in [1.165, 1.54) is 15.3 Å². The Bertz CT molecular complexity index is 459. The van der Waals surface area contributed by atoms with Crippen LogP contribution in [0.5, 0.6) is 0 Å². The lowest BCUT2D eigenvalue weighted by atomic mass is 10.3. The first-order valence-electron chi connectivity index (χ1n) is 5.07. The lowest BCUT2D eigenvalue weighted by Crippen LogP contribution is -2.29. The summed E-state index contributed by atoms with van der Waals surface area (Å²) in [5, 5.41) is 5.19. The Balaban J connectivity index is 2.11. The fraction of sp³-hybridized carbons (Fsp3) is 0.364. The number of hydrogen-bond acceptors (Lipinski definition) is 5. The van der Waals surface area contributed by atoms with Gasteiger partial charge in [-0.1, -0.05) is 0 Å². The van der Waals surface area contributed by atoms with Gasteiger partial charge in [-0.25, -0.2) is 10.4 Å². The normalized spacial score (nSPS) is 11.2. The van der Waals surface area contributed by atoms with Gasteiger partial charge in [0.05, 0.1) is 11.4 Å². The highest BCUT2D eigenvalue weighted by atomic mass is 32.1. The first-order chi connectivity index (χ1) is 7.66. The molecule has 0 aliphatic heterocycles. The van der Waals surface area contributed by atoms with E-state index >= 15 is 0 Å². The number of nitrogens with one attached hydrogen (secondary N) is 1. The van der Waals surface area contributed by atoms with Gasteiger partial charge in [-0.05, 0) is 23.9 Å². The van der Waals surface area contributed by atoms with Crippen molar-refractivity contribution in [3.8, 4) is 9.75 Å². The molecule has 0 aromatic carbocycles. The Morgan fingerprint density at radius 2 is 2.25 bits per heavy atom. The summed E-state index contributed by atoms with van der Waals surface area (Å²) >= 11 is 3.54. The molecule has 0 bridgehead atoms. The molecule has 0 saturated heterocycles. The van der Waals surface area contributed by atoms with Gasteiger partial charge in [-0.15, -0.1) is 22.7 Å². The zero-order chi connectivity index (χ0) is 11.5. The van der Waals surface area contributed by atoms with Crippen LogP contribution in [0, 0.1) is 6.92 Å². The van der Waals surface area contributed by atoms with Crippen molar-refractivity contribution in [2.24, 2.45) is 0 Å². The van der Waals surface area contributed by atoms with Crippen LogP contribution >= 0.6 is 22.7 Å². The maximum Gasteiger partial charge on any atom is 0.108 e. The third kappa shape index (κ3) is 2.68. The van der Waals surface area contributed by atoms with Crippen molar-refractivity contribution in [1.29, 1.82) is 0 Å². The average Bonchev–Trinajstić information content (AvgIpc) is 2.83. The second kappa shape index (κ2) is 5.05. The molecule has 86 valence electrons. The Morgan fingerprint density at radius 1 is 1.44 bits per heavy atom. The van der Waals surface area contributed by atoms with Crippen molar-refractivity contribution in [1.82, 2.24) is 15.4 Å². The molecule has 2 heterocycles. The topological polar surface area (TPSA) is 28.2 Å². The molecule has 0 unspecified atom stereocenters. The highest BCUT2D eigenvalue weighted by molar-refractivity contribution is 7.21. The van der Waals surface area contributed by atoms with Crippen LogP contribution in [0.2, 0.25) is 0 Å². The number of hydrogen-bond donors (Lipinski definition) is 1. The van der Waals surface area contributed by atoms with E-state index < -0.39 is 0 Å². The second-order valence-electron chi connectivity index (χ2n) is 3.78. The van der Waals surface area contributed by atoms with E-state index in [0.29, 0.717) is 0 Å². The molecule has 2 rings (SSSR count). The van der Waals surface area contributed by atoms with E-state index in [9.17, 15) is 0 Å². The molecule has 0 saturated carbocycles. The molecular formula is C11H15N3S2. The van der Waals surface area contributed by atoms with Crippen LogP contribution in [-0.4, -0.2) is 24.1 Å². The van der Waals surface area contributed by atoms with E-state index in [-0.39, 0.29) is 0 Å². The molecule has 0 spiro atoms. The quantitative estimate of drug-likeness (QED) is 0.849. The predicted octanol–water partition coefficient (Wildman–Crippen LogP) is 2.75. The molecule has 0 aliphatic rings. The minimum Gasteiger partial charge on any atom is -0.250 e. The van der Waals surface area contributed by atoms with Crippen LogP contribution in [0.15, 0.2) is 17.6 Å². The summed E-state index contributed by atoms with van der Waals surface area (Å²) in [5.41, 5.74) is 4.55. The number of rotatable bonds is 4. The SMILES string of the molecule is Cc1ccsc1-c1cnc(CNN(C)C)s1. The van der Waals surface area contributed by atoms with Crippen molar-refractivity contribution in [3.63, 3.8) is 0 Å². The van der Waals surface area contributed by atoms with Crippen molar-refractivity contribution < 1.29 is 0 Å². The molecule has 5 heteroatoms. The molecule has 2 aromatic heterocycles. The van der Waals surface area contributed by atoms with Crippen molar-refractivity contribution in [2.75, 3.05) is 14.1 Å². The minimum atomic E-state index is 0.794. The maximum atomic E-state index is 4.42. The maximum absolute atomic E-state index is 4.42. The molecule has 0 radical (unpaired) electrons. The van der Waals surface area contributed by atoms with E-state index in [1.807, 2.05) is 25.3 Å². The van der Waals surface area contributed by atoms with Gasteiger partial charge in [0.2, 0.25) is 0 Å². The Hall–Kier alpha value is -0.750. The summed E-state index contributed by atoms with van der Waals surface area (Å²) in [6, 6.07) is 2.15. The molecule has 2 aromatic rings. The lowest BCUT2D eigenvalue weighted by molar-refractivity contribution is 0.286. The summed E-state index contributed by atoms with van der Waals surface area (Å²) in [4.78, 5) is 7.03. The van der Waals surface area contributed by atoms with Crippen LogP contribution in [0.3, 0.4) is 0 Å². The number of aromatic nitrogens is 1. The molecular weight excluding hydrogens is 238 g/mol. The minimum absolute atomic E-state index is 0.794. The number of nitrogens with zero attached hydrogens (tertiary/aromatic N) is 2. The van der Waals surface area contributed by atoms with Crippen molar-refractivity contribution in [2.45, 2.75) is 13.5 Å². The first kappa shape index (κ1) is 11.7. The number of thiophene rings is 1. The molecule has 0 fully saturated rings. The zero-order valence-electron chi connectivity index (χ0n) is 9.65. The zero-order valence-corrected chi connectivity index (χ0v) is 11.3. The van der Waals surface area contributed by atoms with Crippen molar-refractivity contribution >= 4 is 22.7 Å². The summed E-state index contributed by atoms with van der Waals surface area (Å²) in [6.07, 6.45) is 1.97. The smallest absolute Gasteiger partial charge is 0.108 e. The van der Waals surface area contributed by atoms with Crippen LogP contribution in [0.4, 0.5) is 0 Å². The van der Waals surface area contributed by atoms with Gasteiger partial charge >= 0.3 is 0 Å². The highest BCUT2D eigenvalue weighted by Gasteiger charge is 2.08. The van der Waals surface area contributed by atoms with Gasteiger partial charge in [-0.2, -0.15) is 0 Å². The van der Waals surface area contributed by atoms with Gasteiger partial charge in [0.15, 0.2) is 0 Å². The third-order valence-corrected chi connectivity index (χ3v) is 4.38. The van der Waals surface area contributed by atoms with Gasteiger partial charge in [-0.3, -0.25) is 5.01 Å². The Morgan fingerprint density at radius 3 is 2.88 bits per heavy atom. The Kier molecular flexibility index (Phi) is 3.70. The van der Waals surface area contributed by atoms with Gasteiger partial charge in [0.1, 0.15) is 5.01 Å². The molecule has 0 aliphatic carbocycles. The summed E-state index contributed by atoms with van der Waals surface area (Å²) in [5.74, 6) is 0. The fourth-order valence-electron chi connectivity index (χ4n) is 1.35. The fourth-order valence-corrected chi connectivity index (χ4v) is 3.30. The average molecular weight is 253 g/mol. The number of aryl methyl sites for hydroxylation is 1. The molecule has 0 atom stereocenters. The molecule has 1 N–H and O–H groups in total. The molecule has 16 heavy (non-hydrogen) atoms. The van der Waals surface area contributed by atoms with E-state index in [4.69, 9.17) is 0 Å². The van der Waals surface area contributed by atoms with Crippen LogP contribution in [0.25, 0.3) is 9.75 Å². The van der Waals surface area contributed by atoms with Gasteiger partial charge in [0, 0.05) is 25.2 Å². The second-order valence-corrected chi connectivity index (χ2v) is 5.81. The van der Waals surface area contributed by atoms with Crippen LogP contribution in [-0.2, 0) is 6.54 Å². The van der Waals surface area contributed by atoms with E-state index in [1.54, 1.807) is 22.7 Å². The third-order valence-electron chi connectivity index (χ3n) is 2.19. The summed E-state index contributed by atoms with van der Waals surface area (Å²) in [7, 11) is 3.97. The van der Waals surface area contributed by atoms with Crippen LogP contribution < -0.4 is 5.43 Å². The van der Waals surface area contributed by atoms with E-state index in [2.05, 4.69) is 28.8 Å². The van der Waals surface area contributed by atoms with Gasteiger partial charge < -0.3 is 0 Å². The molecule has 3 nitrogen and oxygen atoms in total. The summed E-state index contributed by atoms with van der Waals surface area (Å²) < 4.78 is 0. The largest absolute Gasteiger partial charge is 0.250 e. The van der Waals surface area contributed by atoms with E-state index in [0.717, 1.165) is 11.6 Å². The predicted molar refractivity (Wildman–Crippen MR) is 70.7 cm³/mol. The van der Waals surface area contributed by atoms with Crippen LogP contribution in [0.1, 0.15) is 10.6 Å².